The van der Waals surface area contributed by atoms with E-state index in [1.165, 1.54) is 25.7 Å². The minimum atomic E-state index is 0.444. The van der Waals surface area contributed by atoms with Crippen molar-refractivity contribution >= 4 is 11.8 Å². The lowest BCUT2D eigenvalue weighted by molar-refractivity contribution is 0.266. The smallest absolute Gasteiger partial charge is 0.0204 e. The molecule has 0 aromatic carbocycles. The van der Waals surface area contributed by atoms with E-state index in [4.69, 9.17) is 5.73 Å². The Morgan fingerprint density at radius 1 is 1.27 bits per heavy atom. The van der Waals surface area contributed by atoms with Gasteiger partial charge in [-0.25, -0.2) is 0 Å². The van der Waals surface area contributed by atoms with Gasteiger partial charge in [-0.15, -0.1) is 0 Å². The summed E-state index contributed by atoms with van der Waals surface area (Å²) in [6, 6.07) is 0.444. The third-order valence-electron chi connectivity index (χ3n) is 3.81. The van der Waals surface area contributed by atoms with Crippen molar-refractivity contribution in [2.75, 3.05) is 0 Å². The van der Waals surface area contributed by atoms with Crippen molar-refractivity contribution in [3.05, 3.63) is 0 Å². The molecule has 4 atom stereocenters. The van der Waals surface area contributed by atoms with Gasteiger partial charge in [-0.3, -0.25) is 0 Å². The highest BCUT2D eigenvalue weighted by Gasteiger charge is 2.30. The van der Waals surface area contributed by atoms with Crippen LogP contribution in [0.15, 0.2) is 0 Å². The molecule has 0 amide bonds. The van der Waals surface area contributed by atoms with Crippen LogP contribution in [0.1, 0.15) is 53.4 Å². The second-order valence-electron chi connectivity index (χ2n) is 5.37. The predicted molar refractivity (Wildman–Crippen MR) is 71.3 cm³/mol. The summed E-state index contributed by atoms with van der Waals surface area (Å²) in [5.74, 6) is 1.74. The number of hydrogen-bond acceptors (Lipinski definition) is 2. The van der Waals surface area contributed by atoms with Crippen LogP contribution in [0, 0.1) is 11.8 Å². The Morgan fingerprint density at radius 3 is 2.47 bits per heavy atom. The van der Waals surface area contributed by atoms with Crippen LogP contribution in [0.2, 0.25) is 0 Å². The SMILES string of the molecule is CCC(C)SC1CC(C(C)C)CCC1N. The van der Waals surface area contributed by atoms with E-state index in [-0.39, 0.29) is 0 Å². The second-order valence-corrected chi connectivity index (χ2v) is 7.06. The summed E-state index contributed by atoms with van der Waals surface area (Å²) in [6.45, 7) is 9.31. The third-order valence-corrected chi connectivity index (χ3v) is 5.50. The average Bonchev–Trinajstić information content (AvgIpc) is 2.20. The maximum atomic E-state index is 6.22. The first kappa shape index (κ1) is 13.4. The molecule has 1 aliphatic carbocycles. The summed E-state index contributed by atoms with van der Waals surface area (Å²) in [4.78, 5) is 0. The van der Waals surface area contributed by atoms with E-state index < -0.39 is 0 Å². The first-order valence-electron chi connectivity index (χ1n) is 6.45. The maximum absolute atomic E-state index is 6.22. The molecule has 2 N–H and O–H groups in total. The van der Waals surface area contributed by atoms with Gasteiger partial charge in [-0.05, 0) is 37.5 Å². The molecule has 0 aromatic heterocycles. The van der Waals surface area contributed by atoms with Gasteiger partial charge in [0.15, 0.2) is 0 Å². The van der Waals surface area contributed by atoms with E-state index in [9.17, 15) is 0 Å². The van der Waals surface area contributed by atoms with Gasteiger partial charge < -0.3 is 5.73 Å². The average molecular weight is 229 g/mol. The Morgan fingerprint density at radius 2 is 1.93 bits per heavy atom. The van der Waals surface area contributed by atoms with Gasteiger partial charge in [0.05, 0.1) is 0 Å². The lowest BCUT2D eigenvalue weighted by Crippen LogP contribution is -2.40. The number of thioether (sulfide) groups is 1. The topological polar surface area (TPSA) is 26.0 Å². The molecule has 0 aromatic rings. The van der Waals surface area contributed by atoms with Gasteiger partial charge in [-0.1, -0.05) is 27.7 Å². The molecule has 1 fully saturated rings. The summed E-state index contributed by atoms with van der Waals surface area (Å²) in [6.07, 6.45) is 5.18. The summed E-state index contributed by atoms with van der Waals surface area (Å²) in [5.41, 5.74) is 6.22. The molecule has 0 spiro atoms. The molecule has 1 rings (SSSR count). The number of rotatable bonds is 4. The normalized spacial score (nSPS) is 34.4. The fraction of sp³-hybridized carbons (Fsp3) is 1.00. The highest BCUT2D eigenvalue weighted by Crippen LogP contribution is 2.37. The van der Waals surface area contributed by atoms with Gasteiger partial charge in [0.1, 0.15) is 0 Å². The summed E-state index contributed by atoms with van der Waals surface area (Å²) in [5, 5.41) is 1.48. The zero-order chi connectivity index (χ0) is 11.4. The quantitative estimate of drug-likeness (QED) is 0.796. The molecule has 0 radical (unpaired) electrons. The van der Waals surface area contributed by atoms with Crippen molar-refractivity contribution in [3.63, 3.8) is 0 Å². The van der Waals surface area contributed by atoms with Gasteiger partial charge in [-0.2, -0.15) is 11.8 Å². The lowest BCUT2D eigenvalue weighted by atomic mass is 9.79. The van der Waals surface area contributed by atoms with Crippen molar-refractivity contribution in [2.45, 2.75) is 69.9 Å². The Kier molecular flexibility index (Phi) is 5.48. The molecule has 0 saturated heterocycles. The van der Waals surface area contributed by atoms with Crippen LogP contribution < -0.4 is 5.73 Å². The highest BCUT2D eigenvalue weighted by molar-refractivity contribution is 8.00. The van der Waals surface area contributed by atoms with Crippen LogP contribution in [-0.4, -0.2) is 16.5 Å². The highest BCUT2D eigenvalue weighted by atomic mass is 32.2. The van der Waals surface area contributed by atoms with Gasteiger partial charge in [0.25, 0.3) is 0 Å². The molecular weight excluding hydrogens is 202 g/mol. The molecule has 2 heteroatoms. The summed E-state index contributed by atoms with van der Waals surface area (Å²) in [7, 11) is 0. The fourth-order valence-electron chi connectivity index (χ4n) is 2.34. The van der Waals surface area contributed by atoms with Crippen molar-refractivity contribution in [2.24, 2.45) is 17.6 Å². The van der Waals surface area contributed by atoms with Crippen molar-refractivity contribution in [3.8, 4) is 0 Å². The van der Waals surface area contributed by atoms with Gasteiger partial charge in [0.2, 0.25) is 0 Å². The molecule has 1 saturated carbocycles. The molecule has 1 aliphatic rings. The Labute approximate surface area is 99.6 Å². The van der Waals surface area contributed by atoms with Crippen molar-refractivity contribution < 1.29 is 0 Å². The van der Waals surface area contributed by atoms with Crippen LogP contribution >= 0.6 is 11.8 Å². The summed E-state index contributed by atoms with van der Waals surface area (Å²) < 4.78 is 0. The second kappa shape index (κ2) is 6.15. The molecule has 15 heavy (non-hydrogen) atoms. The first-order chi connectivity index (χ1) is 7.04. The molecule has 0 heterocycles. The van der Waals surface area contributed by atoms with E-state index in [2.05, 4.69) is 39.5 Å². The molecule has 90 valence electrons. The van der Waals surface area contributed by atoms with Gasteiger partial charge >= 0.3 is 0 Å². The Hall–Kier alpha value is 0.310. The lowest BCUT2D eigenvalue weighted by Gasteiger charge is -2.36. The molecule has 0 bridgehead atoms. The Bertz CT molecular complexity index is 181. The Balaban J connectivity index is 2.46. The molecule has 0 aliphatic heterocycles. The van der Waals surface area contributed by atoms with E-state index in [1.54, 1.807) is 0 Å². The van der Waals surface area contributed by atoms with Crippen LogP contribution in [0.5, 0.6) is 0 Å². The van der Waals surface area contributed by atoms with Crippen molar-refractivity contribution in [1.82, 2.24) is 0 Å². The van der Waals surface area contributed by atoms with Crippen LogP contribution in [-0.2, 0) is 0 Å². The number of nitrogens with two attached hydrogens (primary N) is 1. The number of hydrogen-bond donors (Lipinski definition) is 1. The zero-order valence-electron chi connectivity index (χ0n) is 10.7. The molecular formula is C13H27NS. The maximum Gasteiger partial charge on any atom is 0.0204 e. The van der Waals surface area contributed by atoms with Crippen molar-refractivity contribution in [1.29, 1.82) is 0 Å². The van der Waals surface area contributed by atoms with Crippen LogP contribution in [0.4, 0.5) is 0 Å². The standard InChI is InChI=1S/C13H27NS/c1-5-10(4)15-13-8-11(9(2)3)6-7-12(13)14/h9-13H,5-8,14H2,1-4H3. The van der Waals surface area contributed by atoms with Crippen LogP contribution in [0.25, 0.3) is 0 Å². The predicted octanol–water partition coefficient (Wildman–Crippen LogP) is 3.67. The van der Waals surface area contributed by atoms with E-state index in [0.717, 1.165) is 17.1 Å². The third kappa shape index (κ3) is 3.99. The largest absolute Gasteiger partial charge is 0.327 e. The minimum absolute atomic E-state index is 0.444. The van der Waals surface area contributed by atoms with E-state index in [0.29, 0.717) is 11.3 Å². The van der Waals surface area contributed by atoms with E-state index in [1.807, 2.05) is 0 Å². The first-order valence-corrected chi connectivity index (χ1v) is 7.39. The fourth-order valence-corrected chi connectivity index (χ4v) is 3.83. The zero-order valence-corrected chi connectivity index (χ0v) is 11.5. The monoisotopic (exact) mass is 229 g/mol. The molecule has 4 unspecified atom stereocenters. The van der Waals surface area contributed by atoms with Gasteiger partial charge in [0, 0.05) is 16.5 Å². The van der Waals surface area contributed by atoms with E-state index >= 15 is 0 Å². The minimum Gasteiger partial charge on any atom is -0.327 e. The molecule has 1 nitrogen and oxygen atoms in total. The van der Waals surface area contributed by atoms with Crippen LogP contribution in [0.3, 0.4) is 0 Å². The summed E-state index contributed by atoms with van der Waals surface area (Å²) >= 11 is 2.12.